The molecule has 0 unspecified atom stereocenters. The van der Waals surface area contributed by atoms with Crippen molar-refractivity contribution in [3.05, 3.63) is 59.0 Å². The number of amides is 1. The maximum Gasteiger partial charge on any atom is 0.230 e. The lowest BCUT2D eigenvalue weighted by atomic mass is 10.1. The number of anilines is 1. The Labute approximate surface area is 156 Å². The standard InChI is InChI=1S/C20H20N2O3S/c1-13-19(15-7-5-4-6-8-15)22-20(26-13)21-18(23)12-14-9-10-16(24-2)17(11-14)25-3/h4-11H,12H2,1-3H3,(H,21,22,23). The van der Waals surface area contributed by atoms with Crippen molar-refractivity contribution in [1.29, 1.82) is 0 Å². The maximum atomic E-state index is 12.4. The molecule has 2 aromatic carbocycles. The van der Waals surface area contributed by atoms with Crippen LogP contribution in [0.2, 0.25) is 0 Å². The summed E-state index contributed by atoms with van der Waals surface area (Å²) in [5.41, 5.74) is 2.79. The zero-order chi connectivity index (χ0) is 18.5. The Morgan fingerprint density at radius 2 is 1.81 bits per heavy atom. The lowest BCUT2D eigenvalue weighted by Crippen LogP contribution is -2.14. The summed E-state index contributed by atoms with van der Waals surface area (Å²) in [5.74, 6) is 1.12. The van der Waals surface area contributed by atoms with Crippen molar-refractivity contribution in [3.8, 4) is 22.8 Å². The summed E-state index contributed by atoms with van der Waals surface area (Å²) in [4.78, 5) is 18.0. The molecule has 1 aromatic heterocycles. The number of aryl methyl sites for hydroxylation is 1. The highest BCUT2D eigenvalue weighted by Gasteiger charge is 2.13. The van der Waals surface area contributed by atoms with Gasteiger partial charge in [-0.3, -0.25) is 4.79 Å². The highest BCUT2D eigenvalue weighted by Crippen LogP contribution is 2.31. The number of hydrogen-bond acceptors (Lipinski definition) is 5. The Balaban J connectivity index is 1.71. The van der Waals surface area contributed by atoms with Crippen LogP contribution in [0.1, 0.15) is 10.4 Å². The minimum absolute atomic E-state index is 0.120. The van der Waals surface area contributed by atoms with E-state index in [1.165, 1.54) is 11.3 Å². The predicted molar refractivity (Wildman–Crippen MR) is 104 cm³/mol. The lowest BCUT2D eigenvalue weighted by molar-refractivity contribution is -0.115. The summed E-state index contributed by atoms with van der Waals surface area (Å²) < 4.78 is 10.5. The van der Waals surface area contributed by atoms with E-state index < -0.39 is 0 Å². The molecule has 0 bridgehead atoms. The molecular formula is C20H20N2O3S. The van der Waals surface area contributed by atoms with Crippen molar-refractivity contribution in [1.82, 2.24) is 4.98 Å². The SMILES string of the molecule is COc1ccc(CC(=O)Nc2nc(-c3ccccc3)c(C)s2)cc1OC. The van der Waals surface area contributed by atoms with Crippen LogP contribution in [0.3, 0.4) is 0 Å². The molecule has 0 fully saturated rings. The van der Waals surface area contributed by atoms with E-state index in [1.807, 2.05) is 43.3 Å². The molecule has 1 heterocycles. The molecule has 0 aliphatic rings. The molecule has 3 aromatic rings. The molecule has 0 spiro atoms. The molecule has 1 amide bonds. The van der Waals surface area contributed by atoms with Crippen molar-refractivity contribution in [2.75, 3.05) is 19.5 Å². The van der Waals surface area contributed by atoms with E-state index in [0.29, 0.717) is 16.6 Å². The first-order chi connectivity index (χ1) is 12.6. The van der Waals surface area contributed by atoms with E-state index >= 15 is 0 Å². The average Bonchev–Trinajstić information content (AvgIpc) is 3.02. The molecule has 1 N–H and O–H groups in total. The molecule has 134 valence electrons. The number of aromatic nitrogens is 1. The quantitative estimate of drug-likeness (QED) is 0.704. The minimum atomic E-state index is -0.120. The third-order valence-corrected chi connectivity index (χ3v) is 4.79. The van der Waals surface area contributed by atoms with Gasteiger partial charge in [0.1, 0.15) is 0 Å². The molecule has 0 saturated carbocycles. The number of thiazole rings is 1. The van der Waals surface area contributed by atoms with Gasteiger partial charge in [0.25, 0.3) is 0 Å². The summed E-state index contributed by atoms with van der Waals surface area (Å²) in [6.07, 6.45) is 0.236. The van der Waals surface area contributed by atoms with Crippen LogP contribution in [0.4, 0.5) is 5.13 Å². The normalized spacial score (nSPS) is 10.4. The van der Waals surface area contributed by atoms with E-state index in [2.05, 4.69) is 10.3 Å². The molecule has 0 aliphatic heterocycles. The zero-order valence-electron chi connectivity index (χ0n) is 14.9. The fraction of sp³-hybridized carbons (Fsp3) is 0.200. The van der Waals surface area contributed by atoms with E-state index in [9.17, 15) is 4.79 Å². The van der Waals surface area contributed by atoms with E-state index in [-0.39, 0.29) is 12.3 Å². The Kier molecular flexibility index (Phi) is 5.53. The number of carbonyl (C=O) groups excluding carboxylic acids is 1. The number of carbonyl (C=O) groups is 1. The number of hydrogen-bond donors (Lipinski definition) is 1. The molecular weight excluding hydrogens is 348 g/mol. The molecule has 26 heavy (non-hydrogen) atoms. The molecule has 0 radical (unpaired) electrons. The van der Waals surface area contributed by atoms with Crippen LogP contribution in [-0.2, 0) is 11.2 Å². The smallest absolute Gasteiger partial charge is 0.230 e. The van der Waals surface area contributed by atoms with Gasteiger partial charge in [-0.15, -0.1) is 11.3 Å². The van der Waals surface area contributed by atoms with Gasteiger partial charge in [-0.2, -0.15) is 0 Å². The third-order valence-electron chi connectivity index (χ3n) is 3.90. The molecule has 0 saturated heterocycles. The second-order valence-electron chi connectivity index (χ2n) is 5.70. The van der Waals surface area contributed by atoms with Gasteiger partial charge in [0.05, 0.1) is 26.3 Å². The fourth-order valence-electron chi connectivity index (χ4n) is 2.65. The van der Waals surface area contributed by atoms with Crippen molar-refractivity contribution in [3.63, 3.8) is 0 Å². The third kappa shape index (κ3) is 4.03. The van der Waals surface area contributed by atoms with Gasteiger partial charge in [-0.1, -0.05) is 36.4 Å². The van der Waals surface area contributed by atoms with Crippen LogP contribution in [0.5, 0.6) is 11.5 Å². The summed E-state index contributed by atoms with van der Waals surface area (Å²) in [5, 5.41) is 3.49. The maximum absolute atomic E-state index is 12.4. The van der Waals surface area contributed by atoms with Crippen molar-refractivity contribution < 1.29 is 14.3 Å². The number of nitrogens with zero attached hydrogens (tertiary/aromatic N) is 1. The van der Waals surface area contributed by atoms with Crippen LogP contribution >= 0.6 is 11.3 Å². The number of methoxy groups -OCH3 is 2. The Hall–Kier alpha value is -2.86. The minimum Gasteiger partial charge on any atom is -0.493 e. The van der Waals surface area contributed by atoms with Crippen molar-refractivity contribution in [2.24, 2.45) is 0 Å². The van der Waals surface area contributed by atoms with Crippen LogP contribution < -0.4 is 14.8 Å². The second kappa shape index (κ2) is 8.01. The largest absolute Gasteiger partial charge is 0.493 e. The summed E-state index contributed by atoms with van der Waals surface area (Å²) in [6.45, 7) is 2.00. The monoisotopic (exact) mass is 368 g/mol. The van der Waals surface area contributed by atoms with Crippen molar-refractivity contribution >= 4 is 22.4 Å². The first kappa shape index (κ1) is 17.9. The van der Waals surface area contributed by atoms with E-state index in [0.717, 1.165) is 21.7 Å². The zero-order valence-corrected chi connectivity index (χ0v) is 15.7. The molecule has 6 heteroatoms. The van der Waals surface area contributed by atoms with Gasteiger partial charge in [-0.05, 0) is 24.6 Å². The summed E-state index contributed by atoms with van der Waals surface area (Å²) >= 11 is 1.47. The van der Waals surface area contributed by atoms with E-state index in [4.69, 9.17) is 9.47 Å². The molecule has 3 rings (SSSR count). The number of benzene rings is 2. The number of nitrogens with one attached hydrogen (secondary N) is 1. The molecule has 5 nitrogen and oxygen atoms in total. The topological polar surface area (TPSA) is 60.5 Å². The lowest BCUT2D eigenvalue weighted by Gasteiger charge is -2.09. The van der Waals surface area contributed by atoms with Gasteiger partial charge >= 0.3 is 0 Å². The average molecular weight is 368 g/mol. The Bertz CT molecular complexity index is 907. The van der Waals surface area contributed by atoms with Crippen LogP contribution in [0, 0.1) is 6.92 Å². The van der Waals surface area contributed by atoms with Gasteiger partial charge < -0.3 is 14.8 Å². The molecule has 0 atom stereocenters. The Morgan fingerprint density at radius 3 is 2.50 bits per heavy atom. The van der Waals surface area contributed by atoms with Crippen LogP contribution in [0.15, 0.2) is 48.5 Å². The van der Waals surface area contributed by atoms with E-state index in [1.54, 1.807) is 26.4 Å². The predicted octanol–water partition coefficient (Wildman–Crippen LogP) is 4.32. The van der Waals surface area contributed by atoms with Gasteiger partial charge in [0.2, 0.25) is 5.91 Å². The number of rotatable bonds is 6. The highest BCUT2D eigenvalue weighted by molar-refractivity contribution is 7.16. The van der Waals surface area contributed by atoms with Gasteiger partial charge in [0, 0.05) is 10.4 Å². The number of ether oxygens (including phenoxy) is 2. The Morgan fingerprint density at radius 1 is 1.08 bits per heavy atom. The summed E-state index contributed by atoms with van der Waals surface area (Å²) in [6, 6.07) is 15.4. The van der Waals surface area contributed by atoms with Crippen LogP contribution in [0.25, 0.3) is 11.3 Å². The molecule has 0 aliphatic carbocycles. The first-order valence-electron chi connectivity index (χ1n) is 8.14. The van der Waals surface area contributed by atoms with Crippen LogP contribution in [-0.4, -0.2) is 25.1 Å². The fourth-order valence-corrected chi connectivity index (χ4v) is 3.51. The van der Waals surface area contributed by atoms with Gasteiger partial charge in [0.15, 0.2) is 16.6 Å². The highest BCUT2D eigenvalue weighted by atomic mass is 32.1. The summed E-state index contributed by atoms with van der Waals surface area (Å²) in [7, 11) is 3.16. The second-order valence-corrected chi connectivity index (χ2v) is 6.91. The van der Waals surface area contributed by atoms with Crippen molar-refractivity contribution in [2.45, 2.75) is 13.3 Å². The first-order valence-corrected chi connectivity index (χ1v) is 8.96. The van der Waals surface area contributed by atoms with Gasteiger partial charge in [-0.25, -0.2) is 4.98 Å².